The number of hydrogen-bond acceptors (Lipinski definition) is 3. The fourth-order valence-electron chi connectivity index (χ4n) is 3.15. The van der Waals surface area contributed by atoms with Gasteiger partial charge >= 0.3 is 0 Å². The Morgan fingerprint density at radius 2 is 1.78 bits per heavy atom. The molecule has 2 saturated heterocycles. The summed E-state index contributed by atoms with van der Waals surface area (Å²) in [6, 6.07) is 7.29. The number of benzene rings is 1. The van der Waals surface area contributed by atoms with Crippen LogP contribution in [-0.2, 0) is 4.79 Å². The Labute approximate surface area is 142 Å². The fourth-order valence-corrected chi connectivity index (χ4v) is 4.29. The van der Waals surface area contributed by atoms with Crippen molar-refractivity contribution in [3.8, 4) is 0 Å². The molecule has 3 rings (SSSR count). The molecule has 2 aliphatic rings. The molecule has 124 valence electrons. The van der Waals surface area contributed by atoms with E-state index in [0.717, 1.165) is 31.5 Å². The lowest BCUT2D eigenvalue weighted by Crippen LogP contribution is -2.50. The van der Waals surface area contributed by atoms with E-state index in [1.807, 2.05) is 36.1 Å². The number of nitrogens with zero attached hydrogens (tertiary/aromatic N) is 2. The third-order valence-electron chi connectivity index (χ3n) is 4.82. The summed E-state index contributed by atoms with van der Waals surface area (Å²) in [5.74, 6) is 2.11. The maximum Gasteiger partial charge on any atom is 0.255 e. The molecule has 23 heavy (non-hydrogen) atoms. The van der Waals surface area contributed by atoms with Gasteiger partial charge in [-0.15, -0.1) is 11.8 Å². The minimum absolute atomic E-state index is 0.0290. The van der Waals surface area contributed by atoms with Crippen molar-refractivity contribution in [3.05, 3.63) is 35.4 Å². The van der Waals surface area contributed by atoms with Crippen molar-refractivity contribution in [1.29, 1.82) is 0 Å². The highest BCUT2D eigenvalue weighted by molar-refractivity contribution is 7.99. The van der Waals surface area contributed by atoms with Crippen LogP contribution in [0, 0.1) is 12.8 Å². The SMILES string of the molecule is Cc1ccc(C(=O)N2CSCC2C(=O)N2CCC(C)CC2)cc1. The van der Waals surface area contributed by atoms with Gasteiger partial charge in [0.2, 0.25) is 5.91 Å². The number of carbonyl (C=O) groups excluding carboxylic acids is 2. The molecule has 1 atom stereocenters. The van der Waals surface area contributed by atoms with Crippen molar-refractivity contribution in [1.82, 2.24) is 9.80 Å². The van der Waals surface area contributed by atoms with E-state index in [1.165, 1.54) is 0 Å². The monoisotopic (exact) mass is 332 g/mol. The number of hydrogen-bond donors (Lipinski definition) is 0. The Morgan fingerprint density at radius 3 is 2.43 bits per heavy atom. The van der Waals surface area contributed by atoms with E-state index >= 15 is 0 Å². The van der Waals surface area contributed by atoms with Gasteiger partial charge in [0, 0.05) is 24.4 Å². The first-order valence-corrected chi connectivity index (χ1v) is 9.46. The second-order valence-electron chi connectivity index (χ2n) is 6.66. The molecule has 0 saturated carbocycles. The number of piperidine rings is 1. The van der Waals surface area contributed by atoms with Crippen LogP contribution in [0.15, 0.2) is 24.3 Å². The summed E-state index contributed by atoms with van der Waals surface area (Å²) < 4.78 is 0. The average molecular weight is 332 g/mol. The maximum atomic E-state index is 12.8. The summed E-state index contributed by atoms with van der Waals surface area (Å²) in [4.78, 5) is 29.3. The highest BCUT2D eigenvalue weighted by Crippen LogP contribution is 2.26. The first-order valence-electron chi connectivity index (χ1n) is 8.30. The van der Waals surface area contributed by atoms with Gasteiger partial charge in [0.1, 0.15) is 6.04 Å². The van der Waals surface area contributed by atoms with Crippen LogP contribution in [0.5, 0.6) is 0 Å². The van der Waals surface area contributed by atoms with Gasteiger partial charge in [-0.25, -0.2) is 0 Å². The molecule has 2 heterocycles. The Kier molecular flexibility index (Phi) is 4.95. The molecule has 0 aliphatic carbocycles. The molecule has 0 aromatic heterocycles. The Bertz CT molecular complexity index is 579. The van der Waals surface area contributed by atoms with Gasteiger partial charge in [-0.1, -0.05) is 24.6 Å². The second kappa shape index (κ2) is 6.95. The largest absolute Gasteiger partial charge is 0.341 e. The lowest BCUT2D eigenvalue weighted by molar-refractivity contribution is -0.136. The molecule has 4 nitrogen and oxygen atoms in total. The van der Waals surface area contributed by atoms with Crippen molar-refractivity contribution in [3.63, 3.8) is 0 Å². The smallest absolute Gasteiger partial charge is 0.255 e. The first-order chi connectivity index (χ1) is 11.1. The zero-order chi connectivity index (χ0) is 16.4. The molecule has 2 amide bonds. The Morgan fingerprint density at radius 1 is 1.13 bits per heavy atom. The lowest BCUT2D eigenvalue weighted by Gasteiger charge is -2.34. The molecule has 2 aliphatic heterocycles. The Hall–Kier alpha value is -1.49. The Balaban J connectivity index is 1.70. The number of aryl methyl sites for hydroxylation is 1. The maximum absolute atomic E-state index is 12.8. The molecule has 0 radical (unpaired) electrons. The lowest BCUT2D eigenvalue weighted by atomic mass is 9.98. The number of likely N-dealkylation sites (tertiary alicyclic amines) is 1. The topological polar surface area (TPSA) is 40.6 Å². The molecule has 2 fully saturated rings. The van der Waals surface area contributed by atoms with E-state index in [0.29, 0.717) is 23.1 Å². The van der Waals surface area contributed by atoms with Crippen molar-refractivity contribution in [2.75, 3.05) is 24.7 Å². The van der Waals surface area contributed by atoms with Crippen LogP contribution in [0.25, 0.3) is 0 Å². The number of thioether (sulfide) groups is 1. The van der Waals surface area contributed by atoms with Gasteiger partial charge in [-0.3, -0.25) is 9.59 Å². The third-order valence-corrected chi connectivity index (χ3v) is 5.83. The van der Waals surface area contributed by atoms with Gasteiger partial charge in [0.15, 0.2) is 0 Å². The quantitative estimate of drug-likeness (QED) is 0.836. The van der Waals surface area contributed by atoms with Gasteiger partial charge in [0.25, 0.3) is 5.91 Å². The second-order valence-corrected chi connectivity index (χ2v) is 7.66. The van der Waals surface area contributed by atoms with E-state index in [-0.39, 0.29) is 17.9 Å². The summed E-state index contributed by atoms with van der Waals surface area (Å²) in [6.07, 6.45) is 2.13. The van der Waals surface area contributed by atoms with E-state index in [1.54, 1.807) is 16.7 Å². The van der Waals surface area contributed by atoms with E-state index < -0.39 is 0 Å². The highest BCUT2D eigenvalue weighted by atomic mass is 32.2. The summed E-state index contributed by atoms with van der Waals surface area (Å²) in [5, 5.41) is 0. The number of amides is 2. The van der Waals surface area contributed by atoms with Crippen molar-refractivity contribution in [2.24, 2.45) is 5.92 Å². The van der Waals surface area contributed by atoms with Crippen LogP contribution in [0.1, 0.15) is 35.7 Å². The zero-order valence-corrected chi connectivity index (χ0v) is 14.6. The van der Waals surface area contributed by atoms with Crippen LogP contribution < -0.4 is 0 Å². The van der Waals surface area contributed by atoms with Crippen LogP contribution >= 0.6 is 11.8 Å². The fraction of sp³-hybridized carbons (Fsp3) is 0.556. The van der Waals surface area contributed by atoms with Crippen LogP contribution in [0.2, 0.25) is 0 Å². The highest BCUT2D eigenvalue weighted by Gasteiger charge is 2.38. The van der Waals surface area contributed by atoms with Gasteiger partial charge in [-0.05, 0) is 37.8 Å². The van der Waals surface area contributed by atoms with E-state index in [4.69, 9.17) is 0 Å². The molecular formula is C18H24N2O2S. The van der Waals surface area contributed by atoms with Crippen LogP contribution in [0.4, 0.5) is 0 Å². The molecule has 0 spiro atoms. The van der Waals surface area contributed by atoms with Crippen molar-refractivity contribution in [2.45, 2.75) is 32.7 Å². The zero-order valence-electron chi connectivity index (χ0n) is 13.8. The summed E-state index contributed by atoms with van der Waals surface area (Å²) in [5.41, 5.74) is 1.80. The molecular weight excluding hydrogens is 308 g/mol. The minimum Gasteiger partial charge on any atom is -0.341 e. The van der Waals surface area contributed by atoms with E-state index in [9.17, 15) is 9.59 Å². The van der Waals surface area contributed by atoms with Crippen LogP contribution in [-0.4, -0.2) is 52.4 Å². The van der Waals surface area contributed by atoms with Crippen molar-refractivity contribution < 1.29 is 9.59 Å². The van der Waals surface area contributed by atoms with E-state index in [2.05, 4.69) is 6.92 Å². The van der Waals surface area contributed by atoms with Gasteiger partial charge < -0.3 is 9.80 Å². The molecule has 1 aromatic carbocycles. The van der Waals surface area contributed by atoms with Gasteiger partial charge in [-0.2, -0.15) is 0 Å². The third kappa shape index (κ3) is 3.55. The normalized spacial score (nSPS) is 22.4. The predicted octanol–water partition coefficient (Wildman–Crippen LogP) is 2.77. The van der Waals surface area contributed by atoms with Crippen LogP contribution in [0.3, 0.4) is 0 Å². The summed E-state index contributed by atoms with van der Waals surface area (Å²) >= 11 is 1.67. The number of rotatable bonds is 2. The van der Waals surface area contributed by atoms with Gasteiger partial charge in [0.05, 0.1) is 5.88 Å². The average Bonchev–Trinajstić information content (AvgIpc) is 3.04. The molecule has 0 bridgehead atoms. The summed E-state index contributed by atoms with van der Waals surface area (Å²) in [7, 11) is 0. The molecule has 0 N–H and O–H groups in total. The predicted molar refractivity (Wildman–Crippen MR) is 93.4 cm³/mol. The minimum atomic E-state index is -0.304. The summed E-state index contributed by atoms with van der Waals surface area (Å²) in [6.45, 7) is 5.89. The first kappa shape index (κ1) is 16.4. The molecule has 1 unspecified atom stereocenters. The molecule has 1 aromatic rings. The molecule has 5 heteroatoms. The standard InChI is InChI=1S/C18H24N2O2S/c1-13-3-5-15(6-4-13)17(21)20-12-23-11-16(20)18(22)19-9-7-14(2)8-10-19/h3-6,14,16H,7-12H2,1-2H3. The van der Waals surface area contributed by atoms with Crippen molar-refractivity contribution >= 4 is 23.6 Å². The number of carbonyl (C=O) groups is 2.